The molecule has 0 bridgehead atoms. The summed E-state index contributed by atoms with van der Waals surface area (Å²) in [6.45, 7) is 5.52. The van der Waals surface area contributed by atoms with Gasteiger partial charge in [-0.15, -0.1) is 11.8 Å². The van der Waals surface area contributed by atoms with Crippen LogP contribution < -0.4 is 10.4 Å². The Hall–Kier alpha value is -1.49. The molecule has 4 nitrogen and oxygen atoms in total. The zero-order chi connectivity index (χ0) is 13.8. The highest BCUT2D eigenvalue weighted by Crippen LogP contribution is 2.21. The van der Waals surface area contributed by atoms with Crippen molar-refractivity contribution in [1.29, 1.82) is 0 Å². The molecule has 0 aliphatic heterocycles. The molecule has 98 valence electrons. The van der Waals surface area contributed by atoms with Gasteiger partial charge in [0.05, 0.1) is 5.97 Å². The van der Waals surface area contributed by atoms with E-state index in [1.165, 1.54) is 11.8 Å². The van der Waals surface area contributed by atoms with E-state index >= 15 is 0 Å². The van der Waals surface area contributed by atoms with E-state index in [0.717, 1.165) is 4.90 Å². The first-order valence-electron chi connectivity index (χ1n) is 5.53. The summed E-state index contributed by atoms with van der Waals surface area (Å²) in [6.07, 6.45) is 0. The van der Waals surface area contributed by atoms with Gasteiger partial charge in [0.2, 0.25) is 5.91 Å². The van der Waals surface area contributed by atoms with E-state index in [2.05, 4.69) is 5.32 Å². The van der Waals surface area contributed by atoms with E-state index < -0.39 is 11.4 Å². The van der Waals surface area contributed by atoms with Crippen molar-refractivity contribution in [2.75, 3.05) is 11.1 Å². The van der Waals surface area contributed by atoms with Crippen LogP contribution in [0.15, 0.2) is 29.2 Å². The van der Waals surface area contributed by atoms with Crippen LogP contribution in [0.5, 0.6) is 0 Å². The smallest absolute Gasteiger partial charge is 0.229 e. The van der Waals surface area contributed by atoms with Crippen LogP contribution in [0, 0.1) is 5.41 Å². The number of carbonyl (C=O) groups is 2. The van der Waals surface area contributed by atoms with Crippen LogP contribution in [0.4, 0.5) is 5.69 Å². The Balaban J connectivity index is 2.60. The first kappa shape index (κ1) is 14.6. The van der Waals surface area contributed by atoms with Crippen LogP contribution in [0.25, 0.3) is 0 Å². The molecule has 0 aliphatic carbocycles. The lowest BCUT2D eigenvalue weighted by molar-refractivity contribution is -0.301. The monoisotopic (exact) mass is 266 g/mol. The molecule has 5 heteroatoms. The molecule has 0 fully saturated rings. The summed E-state index contributed by atoms with van der Waals surface area (Å²) in [4.78, 5) is 22.9. The minimum absolute atomic E-state index is 0.0577. The Morgan fingerprint density at radius 3 is 2.22 bits per heavy atom. The van der Waals surface area contributed by atoms with Crippen LogP contribution in [0.2, 0.25) is 0 Å². The minimum atomic E-state index is -1.09. The number of hydrogen-bond acceptors (Lipinski definition) is 4. The maximum atomic E-state index is 11.7. The van der Waals surface area contributed by atoms with Crippen molar-refractivity contribution in [2.45, 2.75) is 25.7 Å². The predicted molar refractivity (Wildman–Crippen MR) is 70.3 cm³/mol. The van der Waals surface area contributed by atoms with E-state index in [9.17, 15) is 14.7 Å². The van der Waals surface area contributed by atoms with Crippen LogP contribution in [0.3, 0.4) is 0 Å². The molecule has 1 amide bonds. The number of benzene rings is 1. The Morgan fingerprint density at radius 2 is 1.78 bits per heavy atom. The van der Waals surface area contributed by atoms with E-state index in [1.807, 2.05) is 20.8 Å². The summed E-state index contributed by atoms with van der Waals surface area (Å²) < 4.78 is 0. The number of carboxylic acid groups (broad SMARTS) is 1. The fraction of sp³-hybridized carbons (Fsp3) is 0.385. The van der Waals surface area contributed by atoms with Gasteiger partial charge >= 0.3 is 0 Å². The van der Waals surface area contributed by atoms with Gasteiger partial charge in [0.1, 0.15) is 0 Å². The van der Waals surface area contributed by atoms with Crippen molar-refractivity contribution in [3.8, 4) is 0 Å². The van der Waals surface area contributed by atoms with Gasteiger partial charge in [-0.3, -0.25) is 4.79 Å². The quantitative estimate of drug-likeness (QED) is 0.839. The van der Waals surface area contributed by atoms with E-state index in [1.54, 1.807) is 24.3 Å². The number of thioether (sulfide) groups is 1. The standard InChI is InChI=1S/C13H17NO3S/c1-13(2,3)12(17)14-9-4-6-10(7-5-9)18-8-11(15)16/h4-7H,8H2,1-3H3,(H,14,17)(H,15,16)/p-1. The molecule has 0 aliphatic rings. The average Bonchev–Trinajstić information content (AvgIpc) is 2.26. The minimum Gasteiger partial charge on any atom is -0.549 e. The Bertz CT molecular complexity index is 435. The molecule has 0 aromatic heterocycles. The lowest BCUT2D eigenvalue weighted by Crippen LogP contribution is -2.27. The van der Waals surface area contributed by atoms with Crippen molar-refractivity contribution in [3.63, 3.8) is 0 Å². The van der Waals surface area contributed by atoms with E-state index in [4.69, 9.17) is 0 Å². The summed E-state index contributed by atoms with van der Waals surface area (Å²) >= 11 is 1.19. The lowest BCUT2D eigenvalue weighted by Gasteiger charge is -2.17. The number of carbonyl (C=O) groups excluding carboxylic acids is 2. The molecule has 0 atom stereocenters. The summed E-state index contributed by atoms with van der Waals surface area (Å²) in [7, 11) is 0. The molecule has 0 radical (unpaired) electrons. The topological polar surface area (TPSA) is 69.2 Å². The first-order valence-corrected chi connectivity index (χ1v) is 6.52. The molecule has 1 aromatic rings. The van der Waals surface area contributed by atoms with Crippen molar-refractivity contribution in [2.24, 2.45) is 5.41 Å². The van der Waals surface area contributed by atoms with Crippen LogP contribution in [-0.4, -0.2) is 17.6 Å². The predicted octanol–water partition coefficient (Wildman–Crippen LogP) is 1.51. The summed E-state index contributed by atoms with van der Waals surface area (Å²) in [5, 5.41) is 13.1. The largest absolute Gasteiger partial charge is 0.549 e. The van der Waals surface area contributed by atoms with Gasteiger partial charge in [-0.25, -0.2) is 0 Å². The molecule has 0 heterocycles. The van der Waals surface area contributed by atoms with Crippen LogP contribution in [-0.2, 0) is 9.59 Å². The molecule has 1 N–H and O–H groups in total. The maximum Gasteiger partial charge on any atom is 0.229 e. The van der Waals surface area contributed by atoms with Gasteiger partial charge < -0.3 is 15.2 Å². The second kappa shape index (κ2) is 5.91. The molecule has 18 heavy (non-hydrogen) atoms. The van der Waals surface area contributed by atoms with Gasteiger partial charge in [-0.2, -0.15) is 0 Å². The number of nitrogens with one attached hydrogen (secondary N) is 1. The third kappa shape index (κ3) is 4.79. The molecule has 0 spiro atoms. The van der Waals surface area contributed by atoms with Crippen LogP contribution in [0.1, 0.15) is 20.8 Å². The van der Waals surface area contributed by atoms with Crippen molar-refractivity contribution < 1.29 is 14.7 Å². The molecular formula is C13H16NO3S-. The molecule has 0 saturated heterocycles. The maximum absolute atomic E-state index is 11.7. The summed E-state index contributed by atoms with van der Waals surface area (Å²) in [5.74, 6) is -1.23. The Morgan fingerprint density at radius 1 is 1.22 bits per heavy atom. The SMILES string of the molecule is CC(C)(C)C(=O)Nc1ccc(SCC(=O)[O-])cc1. The summed E-state index contributed by atoms with van der Waals surface area (Å²) in [6, 6.07) is 7.04. The van der Waals surface area contributed by atoms with E-state index in [0.29, 0.717) is 5.69 Å². The molecule has 0 saturated carbocycles. The zero-order valence-corrected chi connectivity index (χ0v) is 11.5. The summed E-state index contributed by atoms with van der Waals surface area (Å²) in [5.41, 5.74) is 0.260. The highest BCUT2D eigenvalue weighted by atomic mass is 32.2. The average molecular weight is 266 g/mol. The molecule has 1 aromatic carbocycles. The Kier molecular flexibility index (Phi) is 4.78. The molecule has 0 unspecified atom stereocenters. The second-order valence-electron chi connectivity index (χ2n) is 4.89. The number of hydrogen-bond donors (Lipinski definition) is 1. The third-order valence-electron chi connectivity index (χ3n) is 2.15. The van der Waals surface area contributed by atoms with Gasteiger partial charge in [0.25, 0.3) is 0 Å². The number of rotatable bonds is 4. The lowest BCUT2D eigenvalue weighted by atomic mass is 9.95. The second-order valence-corrected chi connectivity index (χ2v) is 5.94. The van der Waals surface area contributed by atoms with Gasteiger partial charge in [0, 0.05) is 21.8 Å². The van der Waals surface area contributed by atoms with Crippen molar-refractivity contribution in [3.05, 3.63) is 24.3 Å². The van der Waals surface area contributed by atoms with Gasteiger partial charge in [-0.1, -0.05) is 20.8 Å². The van der Waals surface area contributed by atoms with Gasteiger partial charge in [-0.05, 0) is 24.3 Å². The third-order valence-corrected chi connectivity index (χ3v) is 3.14. The normalized spacial score (nSPS) is 11.1. The van der Waals surface area contributed by atoms with Gasteiger partial charge in [0.15, 0.2) is 0 Å². The number of carboxylic acids is 1. The fourth-order valence-corrected chi connectivity index (χ4v) is 1.71. The highest BCUT2D eigenvalue weighted by Gasteiger charge is 2.20. The van der Waals surface area contributed by atoms with Crippen LogP contribution >= 0.6 is 11.8 Å². The van der Waals surface area contributed by atoms with Crippen molar-refractivity contribution >= 4 is 29.3 Å². The van der Waals surface area contributed by atoms with E-state index in [-0.39, 0.29) is 11.7 Å². The number of aliphatic carboxylic acids is 1. The number of amides is 1. The molecular weight excluding hydrogens is 250 g/mol. The Labute approximate surface area is 111 Å². The number of anilines is 1. The molecule has 1 rings (SSSR count). The first-order chi connectivity index (χ1) is 8.29. The fourth-order valence-electron chi connectivity index (χ4n) is 1.10. The zero-order valence-electron chi connectivity index (χ0n) is 10.6. The van der Waals surface area contributed by atoms with Crippen molar-refractivity contribution in [1.82, 2.24) is 0 Å². The highest BCUT2D eigenvalue weighted by molar-refractivity contribution is 8.00.